The molecule has 22 heavy (non-hydrogen) atoms. The Morgan fingerprint density at radius 2 is 2.00 bits per heavy atom. The highest BCUT2D eigenvalue weighted by Crippen LogP contribution is 2.27. The van der Waals surface area contributed by atoms with Gasteiger partial charge in [-0.2, -0.15) is 13.2 Å². The van der Waals surface area contributed by atoms with Crippen molar-refractivity contribution in [3.63, 3.8) is 0 Å². The summed E-state index contributed by atoms with van der Waals surface area (Å²) in [6.45, 7) is 0.626. The van der Waals surface area contributed by atoms with Crippen molar-refractivity contribution in [1.82, 2.24) is 5.32 Å². The fraction of sp³-hybridized carbons (Fsp3) is 0.500. The van der Waals surface area contributed by atoms with E-state index in [1.807, 2.05) is 0 Å². The summed E-state index contributed by atoms with van der Waals surface area (Å²) in [6, 6.07) is 4.63. The van der Waals surface area contributed by atoms with Crippen LogP contribution in [0.5, 0.6) is 11.5 Å². The molecule has 8 heteroatoms. The molecule has 0 aromatic heterocycles. The second kappa shape index (κ2) is 8.47. The molecule has 1 N–H and O–H groups in total. The topological polar surface area (TPSA) is 56.8 Å². The molecule has 1 aromatic carbocycles. The minimum atomic E-state index is -4.37. The van der Waals surface area contributed by atoms with Crippen LogP contribution in [0.1, 0.15) is 17.3 Å². The maximum Gasteiger partial charge on any atom is 0.411 e. The molecule has 0 aliphatic rings. The van der Waals surface area contributed by atoms with E-state index in [1.165, 1.54) is 19.2 Å². The lowest BCUT2D eigenvalue weighted by atomic mass is 10.2. The van der Waals surface area contributed by atoms with Gasteiger partial charge in [-0.25, -0.2) is 0 Å². The summed E-state index contributed by atoms with van der Waals surface area (Å²) in [5.41, 5.74) is 0.320. The molecule has 0 aliphatic carbocycles. The van der Waals surface area contributed by atoms with Crippen LogP contribution in [0.2, 0.25) is 0 Å². The van der Waals surface area contributed by atoms with Gasteiger partial charge < -0.3 is 19.5 Å². The van der Waals surface area contributed by atoms with Gasteiger partial charge in [-0.3, -0.25) is 4.79 Å². The third kappa shape index (κ3) is 6.21. The third-order valence-electron chi connectivity index (χ3n) is 2.52. The highest BCUT2D eigenvalue weighted by Gasteiger charge is 2.27. The summed E-state index contributed by atoms with van der Waals surface area (Å²) in [7, 11) is 1.48. The van der Waals surface area contributed by atoms with Crippen LogP contribution in [0, 0.1) is 0 Å². The van der Waals surface area contributed by atoms with Gasteiger partial charge in [-0.05, 0) is 25.1 Å². The van der Waals surface area contributed by atoms with Crippen LogP contribution in [-0.2, 0) is 4.74 Å². The van der Waals surface area contributed by atoms with Crippen LogP contribution < -0.4 is 14.8 Å². The zero-order valence-corrected chi connectivity index (χ0v) is 12.3. The zero-order valence-electron chi connectivity index (χ0n) is 12.3. The maximum atomic E-state index is 11.9. The Morgan fingerprint density at radius 1 is 1.27 bits per heavy atom. The van der Waals surface area contributed by atoms with Gasteiger partial charge in [-0.15, -0.1) is 0 Å². The Bertz CT molecular complexity index is 491. The molecule has 1 rings (SSSR count). The van der Waals surface area contributed by atoms with E-state index in [0.29, 0.717) is 23.7 Å². The summed E-state index contributed by atoms with van der Waals surface area (Å²) >= 11 is 0. The SMILES string of the molecule is CCOc1cc(C(=O)NCCOCC(F)(F)F)ccc1OC. The van der Waals surface area contributed by atoms with Crippen molar-refractivity contribution in [1.29, 1.82) is 0 Å². The fourth-order valence-corrected chi connectivity index (χ4v) is 1.61. The van der Waals surface area contributed by atoms with Crippen LogP contribution in [0.3, 0.4) is 0 Å². The van der Waals surface area contributed by atoms with Crippen LogP contribution in [0.15, 0.2) is 18.2 Å². The number of nitrogens with one attached hydrogen (secondary N) is 1. The Labute approximate surface area is 126 Å². The summed E-state index contributed by atoms with van der Waals surface area (Å²) in [6.07, 6.45) is -4.37. The van der Waals surface area contributed by atoms with E-state index >= 15 is 0 Å². The Hall–Kier alpha value is -1.96. The number of benzene rings is 1. The van der Waals surface area contributed by atoms with Gasteiger partial charge in [0.1, 0.15) is 6.61 Å². The predicted molar refractivity (Wildman–Crippen MR) is 73.4 cm³/mol. The van der Waals surface area contributed by atoms with E-state index in [1.54, 1.807) is 13.0 Å². The molecule has 1 amide bonds. The molecule has 0 heterocycles. The molecule has 0 bridgehead atoms. The van der Waals surface area contributed by atoms with Crippen LogP contribution >= 0.6 is 0 Å². The first-order valence-electron chi connectivity index (χ1n) is 6.61. The van der Waals surface area contributed by atoms with Gasteiger partial charge in [-0.1, -0.05) is 0 Å². The molecular formula is C14H18F3NO4. The zero-order chi connectivity index (χ0) is 16.6. The Kier molecular flexibility index (Phi) is 6.97. The normalized spacial score (nSPS) is 11.1. The summed E-state index contributed by atoms with van der Waals surface area (Å²) < 4.78 is 50.4. The van der Waals surface area contributed by atoms with Crippen LogP contribution in [0.4, 0.5) is 13.2 Å². The van der Waals surface area contributed by atoms with Gasteiger partial charge in [0.15, 0.2) is 11.5 Å². The number of rotatable bonds is 8. The number of halogens is 3. The first-order chi connectivity index (χ1) is 10.4. The molecule has 1 aromatic rings. The van der Waals surface area contributed by atoms with Crippen molar-refractivity contribution in [2.75, 3.05) is 33.5 Å². The number of hydrogen-bond acceptors (Lipinski definition) is 4. The number of methoxy groups -OCH3 is 1. The molecule has 124 valence electrons. The lowest BCUT2D eigenvalue weighted by Crippen LogP contribution is -2.28. The largest absolute Gasteiger partial charge is 0.493 e. The Morgan fingerprint density at radius 3 is 2.59 bits per heavy atom. The van der Waals surface area contributed by atoms with E-state index in [9.17, 15) is 18.0 Å². The number of amides is 1. The molecule has 5 nitrogen and oxygen atoms in total. The van der Waals surface area contributed by atoms with Gasteiger partial charge in [0.25, 0.3) is 5.91 Å². The van der Waals surface area contributed by atoms with Gasteiger partial charge in [0, 0.05) is 12.1 Å². The number of alkyl halides is 3. The monoisotopic (exact) mass is 321 g/mol. The smallest absolute Gasteiger partial charge is 0.411 e. The van der Waals surface area contributed by atoms with Gasteiger partial charge in [0.2, 0.25) is 0 Å². The van der Waals surface area contributed by atoms with Crippen molar-refractivity contribution >= 4 is 5.91 Å². The lowest BCUT2D eigenvalue weighted by molar-refractivity contribution is -0.173. The van der Waals surface area contributed by atoms with E-state index in [-0.39, 0.29) is 13.2 Å². The summed E-state index contributed by atoms with van der Waals surface area (Å²) in [5, 5.41) is 2.46. The van der Waals surface area contributed by atoms with Crippen molar-refractivity contribution in [3.8, 4) is 11.5 Å². The molecule has 0 spiro atoms. The number of carbonyl (C=O) groups excluding carboxylic acids is 1. The lowest BCUT2D eigenvalue weighted by Gasteiger charge is -2.11. The predicted octanol–water partition coefficient (Wildman–Crippen LogP) is 2.40. The summed E-state index contributed by atoms with van der Waals surface area (Å²) in [5.74, 6) is 0.483. The number of carbonyl (C=O) groups is 1. The van der Waals surface area contributed by atoms with Gasteiger partial charge in [0.05, 0.1) is 20.3 Å². The van der Waals surface area contributed by atoms with E-state index in [4.69, 9.17) is 9.47 Å². The number of hydrogen-bond donors (Lipinski definition) is 1. The molecule has 0 saturated heterocycles. The standard InChI is InChI=1S/C14H18F3NO4/c1-3-22-12-8-10(4-5-11(12)20-2)13(19)18-6-7-21-9-14(15,16)17/h4-5,8H,3,6-7,9H2,1-2H3,(H,18,19). The first-order valence-corrected chi connectivity index (χ1v) is 6.61. The number of ether oxygens (including phenoxy) is 3. The van der Waals surface area contributed by atoms with Crippen molar-refractivity contribution in [2.45, 2.75) is 13.1 Å². The maximum absolute atomic E-state index is 11.9. The van der Waals surface area contributed by atoms with Crippen LogP contribution in [-0.4, -0.2) is 45.6 Å². The van der Waals surface area contributed by atoms with E-state index in [2.05, 4.69) is 10.1 Å². The Balaban J connectivity index is 2.50. The van der Waals surface area contributed by atoms with Crippen molar-refractivity contribution in [3.05, 3.63) is 23.8 Å². The summed E-state index contributed by atoms with van der Waals surface area (Å²) in [4.78, 5) is 11.9. The molecular weight excluding hydrogens is 303 g/mol. The van der Waals surface area contributed by atoms with E-state index in [0.717, 1.165) is 0 Å². The molecule has 0 aliphatic heterocycles. The second-order valence-corrected chi connectivity index (χ2v) is 4.22. The van der Waals surface area contributed by atoms with Crippen molar-refractivity contribution in [2.24, 2.45) is 0 Å². The first kappa shape index (κ1) is 18.1. The molecule has 0 saturated carbocycles. The van der Waals surface area contributed by atoms with Crippen molar-refractivity contribution < 1.29 is 32.2 Å². The molecule has 0 fully saturated rings. The fourth-order valence-electron chi connectivity index (χ4n) is 1.61. The average molecular weight is 321 g/mol. The van der Waals surface area contributed by atoms with Gasteiger partial charge >= 0.3 is 6.18 Å². The minimum Gasteiger partial charge on any atom is -0.493 e. The quantitative estimate of drug-likeness (QED) is 0.747. The second-order valence-electron chi connectivity index (χ2n) is 4.22. The van der Waals surface area contributed by atoms with Crippen LogP contribution in [0.25, 0.3) is 0 Å². The molecule has 0 unspecified atom stereocenters. The van der Waals surface area contributed by atoms with E-state index < -0.39 is 18.7 Å². The molecule has 0 atom stereocenters. The highest BCUT2D eigenvalue weighted by atomic mass is 19.4. The molecule has 0 radical (unpaired) electrons. The highest BCUT2D eigenvalue weighted by molar-refractivity contribution is 5.94. The average Bonchev–Trinajstić information content (AvgIpc) is 2.45. The third-order valence-corrected chi connectivity index (χ3v) is 2.52. The minimum absolute atomic E-state index is 0.0229.